The molecule has 0 radical (unpaired) electrons. The summed E-state index contributed by atoms with van der Waals surface area (Å²) in [6, 6.07) is 5.27. The Morgan fingerprint density at radius 2 is 2.20 bits per heavy atom. The van der Waals surface area contributed by atoms with Crippen LogP contribution in [0.5, 0.6) is 0 Å². The summed E-state index contributed by atoms with van der Waals surface area (Å²) in [7, 11) is 0. The SMILES string of the molecule is Cc1nocc1-c1cccc(C=O)c1Cl. The lowest BCUT2D eigenvalue weighted by Crippen LogP contribution is -1.86. The molecule has 0 aliphatic heterocycles. The minimum atomic E-state index is 0.429. The second kappa shape index (κ2) is 3.87. The van der Waals surface area contributed by atoms with E-state index in [1.165, 1.54) is 6.26 Å². The lowest BCUT2D eigenvalue weighted by Gasteiger charge is -2.03. The van der Waals surface area contributed by atoms with Crippen LogP contribution in [0.3, 0.4) is 0 Å². The topological polar surface area (TPSA) is 43.1 Å². The van der Waals surface area contributed by atoms with Crippen LogP contribution in [0.2, 0.25) is 5.02 Å². The number of hydrogen-bond donors (Lipinski definition) is 0. The second-order valence-corrected chi connectivity index (χ2v) is 3.52. The summed E-state index contributed by atoms with van der Waals surface area (Å²) in [6.07, 6.45) is 2.25. The van der Waals surface area contributed by atoms with Gasteiger partial charge in [-0.15, -0.1) is 0 Å². The molecule has 0 bridgehead atoms. The highest BCUT2D eigenvalue weighted by molar-refractivity contribution is 6.35. The Morgan fingerprint density at radius 3 is 2.80 bits per heavy atom. The number of carbonyl (C=O) groups is 1. The monoisotopic (exact) mass is 221 g/mol. The number of aromatic nitrogens is 1. The first kappa shape index (κ1) is 9.93. The molecule has 76 valence electrons. The lowest BCUT2D eigenvalue weighted by molar-refractivity contribution is 0.112. The van der Waals surface area contributed by atoms with E-state index in [-0.39, 0.29) is 0 Å². The van der Waals surface area contributed by atoms with Crippen LogP contribution in [-0.4, -0.2) is 11.4 Å². The third-order valence-corrected chi connectivity index (χ3v) is 2.62. The van der Waals surface area contributed by atoms with Gasteiger partial charge in [0.1, 0.15) is 6.26 Å². The van der Waals surface area contributed by atoms with Crippen molar-refractivity contribution in [3.63, 3.8) is 0 Å². The van der Waals surface area contributed by atoms with E-state index in [0.29, 0.717) is 10.6 Å². The van der Waals surface area contributed by atoms with Crippen molar-refractivity contribution in [3.8, 4) is 11.1 Å². The Bertz CT molecular complexity index is 505. The van der Waals surface area contributed by atoms with E-state index in [0.717, 1.165) is 23.1 Å². The van der Waals surface area contributed by atoms with Gasteiger partial charge in [-0.3, -0.25) is 4.79 Å². The average molecular weight is 222 g/mol. The number of benzene rings is 1. The van der Waals surface area contributed by atoms with E-state index in [1.54, 1.807) is 12.1 Å². The maximum Gasteiger partial charge on any atom is 0.151 e. The van der Waals surface area contributed by atoms with Crippen molar-refractivity contribution >= 4 is 17.9 Å². The molecule has 1 aromatic heterocycles. The van der Waals surface area contributed by atoms with Gasteiger partial charge in [-0.2, -0.15) is 0 Å². The minimum Gasteiger partial charge on any atom is -0.364 e. The number of carbonyl (C=O) groups excluding carboxylic acids is 1. The van der Waals surface area contributed by atoms with Gasteiger partial charge < -0.3 is 4.52 Å². The van der Waals surface area contributed by atoms with Gasteiger partial charge in [-0.05, 0) is 6.92 Å². The molecule has 0 aliphatic rings. The van der Waals surface area contributed by atoms with Crippen molar-refractivity contribution in [3.05, 3.63) is 40.7 Å². The summed E-state index contributed by atoms with van der Waals surface area (Å²) in [5.74, 6) is 0. The van der Waals surface area contributed by atoms with Gasteiger partial charge in [-0.1, -0.05) is 35.0 Å². The molecular formula is C11H8ClNO2. The number of hydrogen-bond acceptors (Lipinski definition) is 3. The molecule has 0 saturated heterocycles. The predicted octanol–water partition coefficient (Wildman–Crippen LogP) is 3.12. The summed E-state index contributed by atoms with van der Waals surface area (Å²) < 4.78 is 4.83. The standard InChI is InChI=1S/C11H8ClNO2/c1-7-10(6-15-13-7)9-4-2-3-8(5-14)11(9)12/h2-6H,1H3. The summed E-state index contributed by atoms with van der Waals surface area (Å²) in [4.78, 5) is 10.7. The molecule has 3 nitrogen and oxygen atoms in total. The molecule has 0 amide bonds. The average Bonchev–Trinajstić information content (AvgIpc) is 2.65. The summed E-state index contributed by atoms with van der Waals surface area (Å²) in [5, 5.41) is 4.20. The molecular weight excluding hydrogens is 214 g/mol. The van der Waals surface area contributed by atoms with Gasteiger partial charge in [0, 0.05) is 16.7 Å². The van der Waals surface area contributed by atoms with E-state index >= 15 is 0 Å². The molecule has 0 spiro atoms. The van der Waals surface area contributed by atoms with Gasteiger partial charge in [0.15, 0.2) is 6.29 Å². The van der Waals surface area contributed by atoms with Crippen LogP contribution in [0.25, 0.3) is 11.1 Å². The number of halogens is 1. The van der Waals surface area contributed by atoms with Crippen molar-refractivity contribution in [2.24, 2.45) is 0 Å². The molecule has 1 aromatic carbocycles. The zero-order valence-corrected chi connectivity index (χ0v) is 8.78. The number of aryl methyl sites for hydroxylation is 1. The fraction of sp³-hybridized carbons (Fsp3) is 0.0909. The third kappa shape index (κ3) is 1.66. The summed E-state index contributed by atoms with van der Waals surface area (Å²) in [5.41, 5.74) is 2.79. The van der Waals surface area contributed by atoms with E-state index in [4.69, 9.17) is 16.1 Å². The quantitative estimate of drug-likeness (QED) is 0.732. The van der Waals surface area contributed by atoms with Gasteiger partial charge in [-0.25, -0.2) is 0 Å². The van der Waals surface area contributed by atoms with Crippen molar-refractivity contribution in [1.29, 1.82) is 0 Å². The van der Waals surface area contributed by atoms with Gasteiger partial charge in [0.25, 0.3) is 0 Å². The maximum atomic E-state index is 10.7. The van der Waals surface area contributed by atoms with Gasteiger partial charge in [0.2, 0.25) is 0 Å². The smallest absolute Gasteiger partial charge is 0.151 e. The molecule has 1 heterocycles. The fourth-order valence-electron chi connectivity index (χ4n) is 1.40. The molecule has 2 aromatic rings. The van der Waals surface area contributed by atoms with Crippen molar-refractivity contribution in [1.82, 2.24) is 5.16 Å². The van der Waals surface area contributed by atoms with Gasteiger partial charge >= 0.3 is 0 Å². The molecule has 4 heteroatoms. The second-order valence-electron chi connectivity index (χ2n) is 3.14. The normalized spacial score (nSPS) is 10.3. The van der Waals surface area contributed by atoms with Crippen LogP contribution in [0.1, 0.15) is 16.1 Å². The highest BCUT2D eigenvalue weighted by Crippen LogP contribution is 2.31. The Morgan fingerprint density at radius 1 is 1.40 bits per heavy atom. The first-order valence-corrected chi connectivity index (χ1v) is 4.77. The number of rotatable bonds is 2. The highest BCUT2D eigenvalue weighted by Gasteiger charge is 2.11. The van der Waals surface area contributed by atoms with Crippen LogP contribution < -0.4 is 0 Å². The van der Waals surface area contributed by atoms with Crippen LogP contribution in [0, 0.1) is 6.92 Å². The van der Waals surface area contributed by atoms with Crippen LogP contribution in [0.4, 0.5) is 0 Å². The van der Waals surface area contributed by atoms with Gasteiger partial charge in [0.05, 0.1) is 10.7 Å². The fourth-order valence-corrected chi connectivity index (χ4v) is 1.67. The zero-order valence-electron chi connectivity index (χ0n) is 8.03. The molecule has 0 unspecified atom stereocenters. The van der Waals surface area contributed by atoms with Crippen LogP contribution >= 0.6 is 11.6 Å². The van der Waals surface area contributed by atoms with Crippen LogP contribution in [-0.2, 0) is 0 Å². The van der Waals surface area contributed by atoms with Crippen molar-refractivity contribution in [2.75, 3.05) is 0 Å². The van der Waals surface area contributed by atoms with E-state index in [9.17, 15) is 4.79 Å². The first-order valence-electron chi connectivity index (χ1n) is 4.39. The number of nitrogens with zero attached hydrogens (tertiary/aromatic N) is 1. The molecule has 0 fully saturated rings. The van der Waals surface area contributed by atoms with E-state index in [2.05, 4.69) is 5.16 Å². The summed E-state index contributed by atoms with van der Waals surface area (Å²) in [6.45, 7) is 1.82. The minimum absolute atomic E-state index is 0.429. The van der Waals surface area contributed by atoms with E-state index in [1.807, 2.05) is 13.0 Å². The predicted molar refractivity (Wildman–Crippen MR) is 57.1 cm³/mol. The Hall–Kier alpha value is -1.61. The highest BCUT2D eigenvalue weighted by atomic mass is 35.5. The maximum absolute atomic E-state index is 10.7. The first-order chi connectivity index (χ1) is 7.24. The third-order valence-electron chi connectivity index (χ3n) is 2.20. The Balaban J connectivity index is 2.64. The molecule has 0 atom stereocenters. The molecule has 0 N–H and O–H groups in total. The van der Waals surface area contributed by atoms with Crippen LogP contribution in [0.15, 0.2) is 29.0 Å². The Kier molecular flexibility index (Phi) is 2.56. The lowest BCUT2D eigenvalue weighted by atomic mass is 10.0. The molecule has 15 heavy (non-hydrogen) atoms. The largest absolute Gasteiger partial charge is 0.364 e. The zero-order chi connectivity index (χ0) is 10.8. The Labute approximate surface area is 91.6 Å². The van der Waals surface area contributed by atoms with Crippen molar-refractivity contribution < 1.29 is 9.32 Å². The molecule has 0 saturated carbocycles. The van der Waals surface area contributed by atoms with Crippen molar-refractivity contribution in [2.45, 2.75) is 6.92 Å². The number of aldehydes is 1. The van der Waals surface area contributed by atoms with E-state index < -0.39 is 0 Å². The summed E-state index contributed by atoms with van der Waals surface area (Å²) >= 11 is 6.07. The molecule has 0 aliphatic carbocycles. The molecule has 2 rings (SSSR count).